The lowest BCUT2D eigenvalue weighted by Crippen LogP contribution is -2.23. The summed E-state index contributed by atoms with van der Waals surface area (Å²) in [6.07, 6.45) is 3.86. The first-order valence-corrected chi connectivity index (χ1v) is 7.55. The molecule has 0 radical (unpaired) electrons. The molecule has 0 aliphatic heterocycles. The highest BCUT2D eigenvalue weighted by molar-refractivity contribution is 6.29. The van der Waals surface area contributed by atoms with Gasteiger partial charge in [-0.2, -0.15) is 0 Å². The molecule has 0 bridgehead atoms. The molecule has 0 amide bonds. The minimum absolute atomic E-state index is 0.0465. The van der Waals surface area contributed by atoms with Crippen molar-refractivity contribution in [3.05, 3.63) is 53.7 Å². The molecule has 0 spiro atoms. The molecule has 1 aromatic carbocycles. The molecule has 1 aliphatic rings. The van der Waals surface area contributed by atoms with E-state index in [0.717, 1.165) is 30.0 Å². The van der Waals surface area contributed by atoms with Crippen LogP contribution in [0.2, 0.25) is 0 Å². The van der Waals surface area contributed by atoms with E-state index >= 15 is 0 Å². The predicted molar refractivity (Wildman–Crippen MR) is 87.1 cm³/mol. The summed E-state index contributed by atoms with van der Waals surface area (Å²) < 4.78 is 8.17. The second-order valence-electron chi connectivity index (χ2n) is 5.76. The molecule has 2 aromatic heterocycles. The van der Waals surface area contributed by atoms with Crippen molar-refractivity contribution in [1.82, 2.24) is 14.6 Å². The largest absolute Gasteiger partial charge is 0.484 e. The van der Waals surface area contributed by atoms with Gasteiger partial charge >= 0.3 is 0 Å². The Morgan fingerprint density at radius 1 is 1.09 bits per heavy atom. The summed E-state index contributed by atoms with van der Waals surface area (Å²) in [5.41, 5.74) is 10.3. The summed E-state index contributed by atoms with van der Waals surface area (Å²) in [7, 11) is 1.93. The number of nitrogens with two attached hydrogens (primary N) is 1. The van der Waals surface area contributed by atoms with Crippen molar-refractivity contribution in [2.75, 3.05) is 0 Å². The Morgan fingerprint density at radius 2 is 1.91 bits per heavy atom. The van der Waals surface area contributed by atoms with Crippen molar-refractivity contribution < 1.29 is 4.74 Å². The number of nitrogens with zero attached hydrogens (tertiary/aromatic N) is 3. The zero-order valence-corrected chi connectivity index (χ0v) is 12.4. The molecule has 1 aliphatic carbocycles. The molecule has 0 saturated carbocycles. The Kier molecular flexibility index (Phi) is 3.12. The number of hydrogen-bond acceptors (Lipinski definition) is 4. The Hall–Kier alpha value is -2.34. The third-order valence-electron chi connectivity index (χ3n) is 4.31. The molecule has 22 heavy (non-hydrogen) atoms. The number of aromatic nitrogens is 3. The fraction of sp³-hybridized carbons (Fsp3) is 0.250. The van der Waals surface area contributed by atoms with Crippen LogP contribution >= 0.6 is 0 Å². The van der Waals surface area contributed by atoms with Gasteiger partial charge in [0.25, 0.3) is 0 Å². The van der Waals surface area contributed by atoms with E-state index in [1.54, 1.807) is 0 Å². The van der Waals surface area contributed by atoms with E-state index in [1.165, 1.54) is 11.1 Å². The molecule has 3 aromatic rings. The fourth-order valence-corrected chi connectivity index (χ4v) is 3.13. The molecule has 2 heterocycles. The van der Waals surface area contributed by atoms with E-state index in [9.17, 15) is 0 Å². The Morgan fingerprint density at radius 3 is 2.77 bits per heavy atom. The summed E-state index contributed by atoms with van der Waals surface area (Å²) in [6.45, 7) is 0. The van der Waals surface area contributed by atoms with Gasteiger partial charge in [0.1, 0.15) is 11.9 Å². The number of pyridine rings is 1. The summed E-state index contributed by atoms with van der Waals surface area (Å²) >= 11 is 0. The lowest BCUT2D eigenvalue weighted by atomic mass is 9.86. The van der Waals surface area contributed by atoms with Crippen LogP contribution in [0.3, 0.4) is 0 Å². The first-order valence-electron chi connectivity index (χ1n) is 7.55. The topological polar surface area (TPSA) is 65.4 Å². The predicted octanol–water partition coefficient (Wildman–Crippen LogP) is 0.901. The minimum Gasteiger partial charge on any atom is -0.484 e. The molecular weight excluding hydrogens is 275 g/mol. The van der Waals surface area contributed by atoms with E-state index in [0.29, 0.717) is 0 Å². The summed E-state index contributed by atoms with van der Waals surface area (Å²) in [5.74, 6) is 0.825. The lowest BCUT2D eigenvalue weighted by molar-refractivity contribution is 0.176. The van der Waals surface area contributed by atoms with Crippen molar-refractivity contribution >= 4 is 19.2 Å². The minimum atomic E-state index is 0.0465. The van der Waals surface area contributed by atoms with Crippen LogP contribution in [0.5, 0.6) is 5.75 Å². The molecule has 6 heteroatoms. The monoisotopic (exact) mass is 292 g/mol. The molecule has 0 unspecified atom stereocenters. The van der Waals surface area contributed by atoms with Crippen LogP contribution in [0.25, 0.3) is 5.65 Å². The maximum absolute atomic E-state index is 6.23. The standard InChI is InChI=1S/C16H17BN4O/c17-16-20-19-15-8-5-10(9-21(15)16)22-14-7-6-13(18)11-3-1-2-4-12(11)14/h1-5,8-9,13-14H,6-7,17-18H2/t13-,14+/m0/s1. The quantitative estimate of drug-likeness (QED) is 0.713. The van der Waals surface area contributed by atoms with E-state index < -0.39 is 0 Å². The van der Waals surface area contributed by atoms with Gasteiger partial charge in [-0.1, -0.05) is 24.3 Å². The van der Waals surface area contributed by atoms with Crippen LogP contribution in [0.15, 0.2) is 42.6 Å². The third-order valence-corrected chi connectivity index (χ3v) is 4.31. The average molecular weight is 292 g/mol. The zero-order valence-electron chi connectivity index (χ0n) is 12.4. The summed E-state index contributed by atoms with van der Waals surface area (Å²) in [5, 5.41) is 8.16. The van der Waals surface area contributed by atoms with Gasteiger partial charge in [0.05, 0.1) is 11.9 Å². The van der Waals surface area contributed by atoms with Gasteiger partial charge in [-0.3, -0.25) is 4.40 Å². The van der Waals surface area contributed by atoms with Crippen molar-refractivity contribution in [2.24, 2.45) is 5.73 Å². The second-order valence-corrected chi connectivity index (χ2v) is 5.76. The van der Waals surface area contributed by atoms with Crippen LogP contribution in [0.1, 0.15) is 36.1 Å². The summed E-state index contributed by atoms with van der Waals surface area (Å²) in [6, 6.07) is 12.3. The van der Waals surface area contributed by atoms with Gasteiger partial charge in [-0.15, -0.1) is 10.2 Å². The summed E-state index contributed by atoms with van der Waals surface area (Å²) in [4.78, 5) is 0. The lowest BCUT2D eigenvalue weighted by Gasteiger charge is -2.30. The van der Waals surface area contributed by atoms with Crippen molar-refractivity contribution in [3.8, 4) is 5.75 Å². The van der Waals surface area contributed by atoms with E-state index in [2.05, 4.69) is 22.3 Å². The molecule has 110 valence electrons. The van der Waals surface area contributed by atoms with Crippen LogP contribution in [-0.2, 0) is 0 Å². The Balaban J connectivity index is 1.68. The van der Waals surface area contributed by atoms with Gasteiger partial charge in [0.15, 0.2) is 13.5 Å². The SMILES string of the molecule is Bc1nnc2ccc(O[C@@H]3CC[C@H](N)c4ccccc43)cn12. The first-order chi connectivity index (χ1) is 10.7. The van der Waals surface area contributed by atoms with Gasteiger partial charge in [-0.05, 0) is 36.1 Å². The van der Waals surface area contributed by atoms with Crippen LogP contribution in [0, 0.1) is 0 Å². The van der Waals surface area contributed by atoms with E-state index in [4.69, 9.17) is 10.5 Å². The zero-order chi connectivity index (χ0) is 15.1. The molecule has 2 N–H and O–H groups in total. The second kappa shape index (κ2) is 5.14. The van der Waals surface area contributed by atoms with Gasteiger partial charge < -0.3 is 10.5 Å². The number of hydrogen-bond donors (Lipinski definition) is 1. The average Bonchev–Trinajstić information content (AvgIpc) is 2.91. The third kappa shape index (κ3) is 2.16. The highest BCUT2D eigenvalue weighted by atomic mass is 16.5. The molecule has 2 atom stereocenters. The number of benzene rings is 1. The maximum atomic E-state index is 6.23. The van der Waals surface area contributed by atoms with Gasteiger partial charge in [0, 0.05) is 6.04 Å². The van der Waals surface area contributed by atoms with Crippen LogP contribution in [-0.4, -0.2) is 22.4 Å². The molecule has 5 nitrogen and oxygen atoms in total. The smallest absolute Gasteiger partial charge is 0.189 e. The Labute approximate surface area is 129 Å². The molecule has 4 rings (SSSR count). The fourth-order valence-electron chi connectivity index (χ4n) is 3.13. The van der Waals surface area contributed by atoms with Crippen molar-refractivity contribution in [2.45, 2.75) is 25.0 Å². The molecule has 0 fully saturated rings. The molecule has 0 saturated heterocycles. The Bertz CT molecular complexity index is 832. The van der Waals surface area contributed by atoms with Gasteiger partial charge in [-0.25, -0.2) is 0 Å². The highest BCUT2D eigenvalue weighted by Crippen LogP contribution is 2.37. The van der Waals surface area contributed by atoms with Crippen LogP contribution < -0.4 is 16.2 Å². The van der Waals surface area contributed by atoms with E-state index in [-0.39, 0.29) is 12.1 Å². The molecular formula is C16H17BN4O. The van der Waals surface area contributed by atoms with Crippen molar-refractivity contribution in [1.29, 1.82) is 0 Å². The first kappa shape index (κ1) is 13.3. The van der Waals surface area contributed by atoms with Crippen molar-refractivity contribution in [3.63, 3.8) is 0 Å². The normalized spacial score (nSPS) is 20.8. The maximum Gasteiger partial charge on any atom is 0.189 e. The number of fused-ring (bicyclic) bond motifs is 2. The highest BCUT2D eigenvalue weighted by Gasteiger charge is 2.26. The van der Waals surface area contributed by atoms with E-state index in [1.807, 2.05) is 42.7 Å². The van der Waals surface area contributed by atoms with Gasteiger partial charge in [0.2, 0.25) is 0 Å². The van der Waals surface area contributed by atoms with Crippen LogP contribution in [0.4, 0.5) is 0 Å². The number of ether oxygens (including phenoxy) is 1. The number of rotatable bonds is 2.